The van der Waals surface area contributed by atoms with E-state index in [1.54, 1.807) is 6.92 Å². The molecule has 0 aromatic heterocycles. The summed E-state index contributed by atoms with van der Waals surface area (Å²) in [6.07, 6.45) is 0. The van der Waals surface area contributed by atoms with Crippen LogP contribution in [-0.2, 0) is 0 Å². The van der Waals surface area contributed by atoms with E-state index < -0.39 is 10.7 Å². The van der Waals surface area contributed by atoms with Crippen molar-refractivity contribution in [2.45, 2.75) is 13.8 Å². The Morgan fingerprint density at radius 1 is 1.53 bits per heavy atom. The molecule has 0 heterocycles. The summed E-state index contributed by atoms with van der Waals surface area (Å²) < 4.78 is 0. The van der Waals surface area contributed by atoms with Crippen molar-refractivity contribution in [3.05, 3.63) is 38.9 Å². The topological polar surface area (TPSA) is 84.0 Å². The predicted molar refractivity (Wildman–Crippen MR) is 52.6 cm³/mol. The maximum absolute atomic E-state index is 11.2. The summed E-state index contributed by atoms with van der Waals surface area (Å²) in [5.41, 5.74) is 0.220. The van der Waals surface area contributed by atoms with Gasteiger partial charge in [-0.25, -0.2) is 0 Å². The van der Waals surface area contributed by atoms with Crippen molar-refractivity contribution in [3.63, 3.8) is 0 Å². The third-order valence-corrected chi connectivity index (χ3v) is 2.05. The van der Waals surface area contributed by atoms with Crippen molar-refractivity contribution >= 4 is 11.5 Å². The SMILES string of the molecule is CC(=O)c1c([N+](=O)[O-])ccc(C)c1C#N. The summed E-state index contributed by atoms with van der Waals surface area (Å²) in [6, 6.07) is 4.52. The van der Waals surface area contributed by atoms with E-state index in [4.69, 9.17) is 5.26 Å². The largest absolute Gasteiger partial charge is 0.294 e. The minimum atomic E-state index is -0.656. The van der Waals surface area contributed by atoms with Crippen LogP contribution >= 0.6 is 0 Å². The van der Waals surface area contributed by atoms with Crippen molar-refractivity contribution in [1.29, 1.82) is 5.26 Å². The lowest BCUT2D eigenvalue weighted by atomic mass is 9.98. The molecule has 1 aromatic carbocycles. The molecule has 0 atom stereocenters. The molecule has 5 nitrogen and oxygen atoms in total. The van der Waals surface area contributed by atoms with Gasteiger partial charge < -0.3 is 0 Å². The zero-order chi connectivity index (χ0) is 11.6. The fraction of sp³-hybridized carbons (Fsp3) is 0.200. The molecule has 5 heteroatoms. The molecule has 0 saturated carbocycles. The predicted octanol–water partition coefficient (Wildman–Crippen LogP) is 1.98. The number of carbonyl (C=O) groups is 1. The molecule has 0 aliphatic heterocycles. The Balaban J connectivity index is 3.66. The first-order chi connectivity index (χ1) is 6.99. The van der Waals surface area contributed by atoms with E-state index in [2.05, 4.69) is 0 Å². The van der Waals surface area contributed by atoms with Crippen LogP contribution in [0, 0.1) is 28.4 Å². The molecule has 0 spiro atoms. The van der Waals surface area contributed by atoms with Crippen molar-refractivity contribution in [3.8, 4) is 6.07 Å². The quantitative estimate of drug-likeness (QED) is 0.418. The van der Waals surface area contributed by atoms with Gasteiger partial charge in [-0.2, -0.15) is 5.26 Å². The summed E-state index contributed by atoms with van der Waals surface area (Å²) in [7, 11) is 0. The van der Waals surface area contributed by atoms with Crippen LogP contribution in [0.1, 0.15) is 28.4 Å². The van der Waals surface area contributed by atoms with Gasteiger partial charge in [0, 0.05) is 6.07 Å². The highest BCUT2D eigenvalue weighted by molar-refractivity contribution is 6.00. The first-order valence-electron chi connectivity index (χ1n) is 4.18. The normalized spacial score (nSPS) is 9.40. The van der Waals surface area contributed by atoms with E-state index in [1.807, 2.05) is 6.07 Å². The molecule has 0 saturated heterocycles. The van der Waals surface area contributed by atoms with Crippen molar-refractivity contribution in [2.75, 3.05) is 0 Å². The molecule has 0 fully saturated rings. The van der Waals surface area contributed by atoms with Gasteiger partial charge in [-0.05, 0) is 19.4 Å². The molecule has 0 aliphatic carbocycles. The van der Waals surface area contributed by atoms with Crippen molar-refractivity contribution < 1.29 is 9.72 Å². The highest BCUT2D eigenvalue weighted by Crippen LogP contribution is 2.25. The Labute approximate surface area is 86.1 Å². The van der Waals surface area contributed by atoms with Gasteiger partial charge in [0.2, 0.25) is 0 Å². The number of nitro benzene ring substituents is 1. The van der Waals surface area contributed by atoms with Gasteiger partial charge in [0.15, 0.2) is 5.78 Å². The standard InChI is InChI=1S/C10H8N2O3/c1-6-3-4-9(12(14)15)10(7(2)13)8(6)5-11/h3-4H,1-2H3. The van der Waals surface area contributed by atoms with E-state index in [0.717, 1.165) is 0 Å². The van der Waals surface area contributed by atoms with Crippen LogP contribution in [0.15, 0.2) is 12.1 Å². The molecular weight excluding hydrogens is 196 g/mol. The molecule has 0 bridgehead atoms. The van der Waals surface area contributed by atoms with Gasteiger partial charge in [0.25, 0.3) is 5.69 Å². The Kier molecular flexibility index (Phi) is 2.81. The van der Waals surface area contributed by atoms with Gasteiger partial charge in [-0.1, -0.05) is 6.07 Å². The number of Topliss-reactive ketones (excluding diaryl/α,β-unsaturated/α-hetero) is 1. The van der Waals surface area contributed by atoms with Gasteiger partial charge in [-0.15, -0.1) is 0 Å². The summed E-state index contributed by atoms with van der Waals surface area (Å²) in [4.78, 5) is 21.2. The number of rotatable bonds is 2. The second kappa shape index (κ2) is 3.88. The average molecular weight is 204 g/mol. The van der Waals surface area contributed by atoms with E-state index in [-0.39, 0.29) is 16.8 Å². The van der Waals surface area contributed by atoms with Crippen molar-refractivity contribution in [1.82, 2.24) is 0 Å². The van der Waals surface area contributed by atoms with Gasteiger partial charge in [-0.3, -0.25) is 14.9 Å². The Morgan fingerprint density at radius 2 is 2.13 bits per heavy atom. The smallest absolute Gasteiger partial charge is 0.281 e. The van der Waals surface area contributed by atoms with Crippen LogP contribution in [0.3, 0.4) is 0 Å². The zero-order valence-corrected chi connectivity index (χ0v) is 8.27. The highest BCUT2D eigenvalue weighted by Gasteiger charge is 2.22. The number of hydrogen-bond acceptors (Lipinski definition) is 4. The fourth-order valence-electron chi connectivity index (χ4n) is 1.35. The molecule has 0 N–H and O–H groups in total. The third-order valence-electron chi connectivity index (χ3n) is 2.05. The number of nitriles is 1. The summed E-state index contributed by atoms with van der Waals surface area (Å²) in [5.74, 6) is -0.470. The molecule has 76 valence electrons. The molecular formula is C10H8N2O3. The van der Waals surface area contributed by atoms with Gasteiger partial charge >= 0.3 is 0 Å². The van der Waals surface area contributed by atoms with Crippen LogP contribution in [-0.4, -0.2) is 10.7 Å². The number of hydrogen-bond donors (Lipinski definition) is 0. The minimum Gasteiger partial charge on any atom is -0.294 e. The Bertz CT molecular complexity index is 486. The Hall–Kier alpha value is -2.22. The first kappa shape index (κ1) is 10.9. The van der Waals surface area contributed by atoms with E-state index in [1.165, 1.54) is 19.1 Å². The molecule has 0 amide bonds. The minimum absolute atomic E-state index is 0.0803. The van der Waals surface area contributed by atoms with E-state index in [0.29, 0.717) is 5.56 Å². The fourth-order valence-corrected chi connectivity index (χ4v) is 1.35. The molecule has 0 aliphatic rings. The highest BCUT2D eigenvalue weighted by atomic mass is 16.6. The second-order valence-electron chi connectivity index (χ2n) is 3.08. The number of aryl methyl sites for hydroxylation is 1. The monoisotopic (exact) mass is 204 g/mol. The number of ketones is 1. The summed E-state index contributed by atoms with van der Waals surface area (Å²) >= 11 is 0. The lowest BCUT2D eigenvalue weighted by Gasteiger charge is -2.03. The molecule has 1 rings (SSSR count). The lowest BCUT2D eigenvalue weighted by Crippen LogP contribution is -2.04. The van der Waals surface area contributed by atoms with Gasteiger partial charge in [0.05, 0.1) is 10.5 Å². The third kappa shape index (κ3) is 1.83. The number of carbonyl (C=O) groups excluding carboxylic acids is 1. The summed E-state index contributed by atoms with van der Waals surface area (Å²) in [5, 5.41) is 19.5. The van der Waals surface area contributed by atoms with Crippen LogP contribution < -0.4 is 0 Å². The van der Waals surface area contributed by atoms with E-state index >= 15 is 0 Å². The van der Waals surface area contributed by atoms with Crippen LogP contribution in [0.2, 0.25) is 0 Å². The van der Waals surface area contributed by atoms with Crippen LogP contribution in [0.5, 0.6) is 0 Å². The molecule has 0 unspecified atom stereocenters. The van der Waals surface area contributed by atoms with Crippen molar-refractivity contribution in [2.24, 2.45) is 0 Å². The van der Waals surface area contributed by atoms with Gasteiger partial charge in [0.1, 0.15) is 11.6 Å². The Morgan fingerprint density at radius 3 is 2.53 bits per heavy atom. The van der Waals surface area contributed by atoms with Crippen LogP contribution in [0.4, 0.5) is 5.69 Å². The maximum atomic E-state index is 11.2. The molecule has 15 heavy (non-hydrogen) atoms. The average Bonchev–Trinajstić information content (AvgIpc) is 2.16. The maximum Gasteiger partial charge on any atom is 0.281 e. The van der Waals surface area contributed by atoms with E-state index in [9.17, 15) is 14.9 Å². The number of nitrogens with zero attached hydrogens (tertiary/aromatic N) is 2. The van der Waals surface area contributed by atoms with Crippen LogP contribution in [0.25, 0.3) is 0 Å². The molecule has 1 aromatic rings. The summed E-state index contributed by atoms with van der Waals surface area (Å²) in [6.45, 7) is 2.84. The second-order valence-corrected chi connectivity index (χ2v) is 3.08. The lowest BCUT2D eigenvalue weighted by molar-refractivity contribution is -0.385. The number of benzene rings is 1. The zero-order valence-electron chi connectivity index (χ0n) is 8.27. The number of nitro groups is 1. The first-order valence-corrected chi connectivity index (χ1v) is 4.18. The molecule has 0 radical (unpaired) electrons.